The molecule has 8 rings (SSSR count). The summed E-state index contributed by atoms with van der Waals surface area (Å²) in [4.78, 5) is 52.6. The first-order chi connectivity index (χ1) is 22.1. The first-order valence-electron chi connectivity index (χ1n) is 15.8. The number of aromatic nitrogens is 1. The number of hydrogen-bond acceptors (Lipinski definition) is 5. The lowest BCUT2D eigenvalue weighted by Gasteiger charge is -2.60. The van der Waals surface area contributed by atoms with Crippen LogP contribution in [-0.2, 0) is 16.0 Å². The van der Waals surface area contributed by atoms with Gasteiger partial charge < -0.3 is 19.9 Å². The summed E-state index contributed by atoms with van der Waals surface area (Å²) in [5.41, 5.74) is 2.54. The number of fused-ring (bicyclic) bond motifs is 1. The molecule has 3 aromatic carbocycles. The maximum Gasteiger partial charge on any atom is 0.355 e. The van der Waals surface area contributed by atoms with E-state index in [4.69, 9.17) is 16.3 Å². The van der Waals surface area contributed by atoms with Crippen LogP contribution in [0.4, 0.5) is 0 Å². The quantitative estimate of drug-likeness (QED) is 0.248. The summed E-state index contributed by atoms with van der Waals surface area (Å²) >= 11 is 6.35. The fraction of sp³-hybridized carbons (Fsp3) is 0.351. The zero-order valence-electron chi connectivity index (χ0n) is 25.8. The zero-order chi connectivity index (χ0) is 32.2. The number of carbonyl (C=O) groups excluding carboxylic acids is 3. The highest BCUT2D eigenvalue weighted by molar-refractivity contribution is 6.31. The van der Waals surface area contributed by atoms with Gasteiger partial charge in [0.2, 0.25) is 5.91 Å². The third-order valence-electron chi connectivity index (χ3n) is 10.2. The number of pyridine rings is 1. The van der Waals surface area contributed by atoms with Crippen molar-refractivity contribution in [1.82, 2.24) is 15.2 Å². The van der Waals surface area contributed by atoms with Gasteiger partial charge in [0.25, 0.3) is 5.91 Å². The van der Waals surface area contributed by atoms with E-state index in [1.165, 1.54) is 7.11 Å². The molecule has 2 amide bonds. The molecule has 0 aliphatic heterocycles. The number of ether oxygens (including phenoxy) is 1. The van der Waals surface area contributed by atoms with Gasteiger partial charge in [0, 0.05) is 52.1 Å². The summed E-state index contributed by atoms with van der Waals surface area (Å²) in [7, 11) is 1.30. The fourth-order valence-electron chi connectivity index (χ4n) is 8.73. The van der Waals surface area contributed by atoms with Gasteiger partial charge in [-0.05, 0) is 97.9 Å². The number of nitrogens with one attached hydrogen (secondary N) is 2. The second kappa shape index (κ2) is 11.7. The van der Waals surface area contributed by atoms with Crippen LogP contribution in [0.3, 0.4) is 0 Å². The molecule has 9 heteroatoms. The summed E-state index contributed by atoms with van der Waals surface area (Å²) in [5.74, 6) is 0.575. The average molecular weight is 638 g/mol. The second-order valence-corrected chi connectivity index (χ2v) is 13.7. The minimum absolute atomic E-state index is 0.0217. The van der Waals surface area contributed by atoms with E-state index >= 15 is 0 Å². The van der Waals surface area contributed by atoms with Crippen molar-refractivity contribution in [2.45, 2.75) is 57.0 Å². The molecule has 4 aliphatic rings. The Hall–Kier alpha value is -4.43. The normalized spacial score (nSPS) is 24.5. The van der Waals surface area contributed by atoms with Crippen LogP contribution in [0.15, 0.2) is 77.6 Å². The van der Waals surface area contributed by atoms with Crippen molar-refractivity contribution < 1.29 is 19.1 Å². The Kier molecular flexibility index (Phi) is 7.71. The van der Waals surface area contributed by atoms with Crippen LogP contribution >= 0.6 is 11.6 Å². The third kappa shape index (κ3) is 5.38. The van der Waals surface area contributed by atoms with E-state index < -0.39 is 5.97 Å². The van der Waals surface area contributed by atoms with Crippen LogP contribution in [0, 0.1) is 17.8 Å². The Morgan fingerprint density at radius 2 is 1.65 bits per heavy atom. The third-order valence-corrected chi connectivity index (χ3v) is 10.5. The van der Waals surface area contributed by atoms with Gasteiger partial charge in [-0.2, -0.15) is 0 Å². The zero-order valence-corrected chi connectivity index (χ0v) is 26.6. The Bertz CT molecular complexity index is 1900. The first kappa shape index (κ1) is 30.2. The van der Waals surface area contributed by atoms with Crippen molar-refractivity contribution in [1.29, 1.82) is 0 Å². The van der Waals surface area contributed by atoms with Crippen molar-refractivity contribution in [3.8, 4) is 5.69 Å². The van der Waals surface area contributed by atoms with Crippen molar-refractivity contribution in [3.63, 3.8) is 0 Å². The molecule has 2 N–H and O–H groups in total. The number of hydrogen-bond donors (Lipinski definition) is 2. The minimum Gasteiger partial charge on any atom is -0.464 e. The predicted octanol–water partition coefficient (Wildman–Crippen LogP) is 5.83. The average Bonchev–Trinajstić information content (AvgIpc) is 3.03. The SMILES string of the molecule is COC(=O)c1c(Cc2ccc(C(=O)N[C@H]3[C@@H]4C[C@H]5C[C@H]3C[C@](NC(C)=O)(C5)C4)cc2)c(=O)c2ccc(Cl)cc2n1-c1ccccc1. The molecule has 1 aromatic heterocycles. The van der Waals surface area contributed by atoms with Crippen LogP contribution in [0.5, 0.6) is 0 Å². The Morgan fingerprint density at radius 1 is 0.957 bits per heavy atom. The number of amides is 2. The molecule has 236 valence electrons. The molecule has 46 heavy (non-hydrogen) atoms. The molecule has 4 aliphatic carbocycles. The van der Waals surface area contributed by atoms with Crippen molar-refractivity contribution in [3.05, 3.63) is 110 Å². The molecular formula is C37H36ClN3O5. The van der Waals surface area contributed by atoms with Gasteiger partial charge in [0.05, 0.1) is 12.6 Å². The standard InChI is InChI=1S/C37H36ClN3O5/c1-21(42)40-37-18-23-14-25(19-37)32(26(15-23)20-37)39-35(44)24-10-8-22(9-11-24)16-30-33(36(45)46-2)41(28-6-4-3-5-7-28)31-17-27(38)12-13-29(31)34(30)43/h3-13,17,23,25-26,32H,14-16,18-20H2,1-2H3,(H,39,44)(H,40,42)/t23-,25+,26-,32-,37-. The number of methoxy groups -OCH3 is 1. The molecule has 0 radical (unpaired) electrons. The van der Waals surface area contributed by atoms with Gasteiger partial charge >= 0.3 is 5.97 Å². The maximum absolute atomic E-state index is 13.9. The molecule has 1 heterocycles. The van der Waals surface area contributed by atoms with Gasteiger partial charge in [-0.1, -0.05) is 41.9 Å². The summed E-state index contributed by atoms with van der Waals surface area (Å²) < 4.78 is 6.92. The number of para-hydroxylation sites is 1. The minimum atomic E-state index is -0.634. The largest absolute Gasteiger partial charge is 0.464 e. The van der Waals surface area contributed by atoms with E-state index in [2.05, 4.69) is 10.6 Å². The smallest absolute Gasteiger partial charge is 0.355 e. The van der Waals surface area contributed by atoms with E-state index in [1.54, 1.807) is 41.8 Å². The van der Waals surface area contributed by atoms with E-state index in [1.807, 2.05) is 42.5 Å². The number of halogens is 1. The molecule has 8 nitrogen and oxygen atoms in total. The van der Waals surface area contributed by atoms with Gasteiger partial charge in [-0.15, -0.1) is 0 Å². The fourth-order valence-corrected chi connectivity index (χ4v) is 8.89. The van der Waals surface area contributed by atoms with Crippen LogP contribution in [-0.4, -0.2) is 41.0 Å². The molecule has 4 saturated carbocycles. The van der Waals surface area contributed by atoms with Crippen LogP contribution in [0.1, 0.15) is 71.0 Å². The molecule has 0 unspecified atom stereocenters. The van der Waals surface area contributed by atoms with E-state index in [9.17, 15) is 19.2 Å². The second-order valence-electron chi connectivity index (χ2n) is 13.3. The maximum atomic E-state index is 13.9. The van der Waals surface area contributed by atoms with Gasteiger partial charge in [-0.25, -0.2) is 4.79 Å². The Morgan fingerprint density at radius 3 is 2.30 bits per heavy atom. The summed E-state index contributed by atoms with van der Waals surface area (Å²) in [6.07, 6.45) is 5.19. The van der Waals surface area contributed by atoms with E-state index in [0.717, 1.165) is 37.7 Å². The summed E-state index contributed by atoms with van der Waals surface area (Å²) in [6.45, 7) is 1.59. The lowest BCUT2D eigenvalue weighted by atomic mass is 9.51. The topological polar surface area (TPSA) is 106 Å². The summed E-state index contributed by atoms with van der Waals surface area (Å²) in [5, 5.41) is 7.46. The Labute approximate surface area is 272 Å². The van der Waals surface area contributed by atoms with E-state index in [0.29, 0.717) is 50.5 Å². The highest BCUT2D eigenvalue weighted by atomic mass is 35.5. The Balaban J connectivity index is 1.17. The van der Waals surface area contributed by atoms with E-state index in [-0.39, 0.29) is 40.9 Å². The van der Waals surface area contributed by atoms with Crippen molar-refractivity contribution in [2.75, 3.05) is 7.11 Å². The number of rotatable bonds is 7. The highest BCUT2D eigenvalue weighted by Crippen LogP contribution is 2.55. The molecule has 5 atom stereocenters. The molecule has 4 fully saturated rings. The summed E-state index contributed by atoms with van der Waals surface area (Å²) in [6, 6.07) is 21.6. The lowest BCUT2D eigenvalue weighted by molar-refractivity contribution is -0.125. The number of benzene rings is 3. The molecular weight excluding hydrogens is 602 g/mol. The van der Waals surface area contributed by atoms with Gasteiger partial charge in [0.15, 0.2) is 5.43 Å². The number of carbonyl (C=O) groups is 3. The molecule has 4 bridgehead atoms. The van der Waals surface area contributed by atoms with Crippen molar-refractivity contribution >= 4 is 40.3 Å². The van der Waals surface area contributed by atoms with Crippen LogP contribution in [0.2, 0.25) is 5.02 Å². The van der Waals surface area contributed by atoms with Crippen LogP contribution < -0.4 is 16.1 Å². The van der Waals surface area contributed by atoms with Crippen LogP contribution in [0.25, 0.3) is 16.6 Å². The first-order valence-corrected chi connectivity index (χ1v) is 16.2. The highest BCUT2D eigenvalue weighted by Gasteiger charge is 2.56. The predicted molar refractivity (Wildman–Crippen MR) is 176 cm³/mol. The molecule has 4 aromatic rings. The number of esters is 1. The van der Waals surface area contributed by atoms with Gasteiger partial charge in [0.1, 0.15) is 5.69 Å². The molecule has 0 spiro atoms. The monoisotopic (exact) mass is 637 g/mol. The molecule has 0 saturated heterocycles. The van der Waals surface area contributed by atoms with Gasteiger partial charge in [-0.3, -0.25) is 14.4 Å². The van der Waals surface area contributed by atoms with Crippen molar-refractivity contribution in [2.24, 2.45) is 17.8 Å². The number of nitrogens with zero attached hydrogens (tertiary/aromatic N) is 1. The lowest BCUT2D eigenvalue weighted by Crippen LogP contribution is -2.66.